The smallest absolute Gasteiger partial charge is 0.382 e. The van der Waals surface area contributed by atoms with Gasteiger partial charge in [-0.25, -0.2) is 0 Å². The fourth-order valence-electron chi connectivity index (χ4n) is 1.16. The number of alkyl halides is 3. The fourth-order valence-corrected chi connectivity index (χ4v) is 1.35. The molecule has 17 heavy (non-hydrogen) atoms. The van der Waals surface area contributed by atoms with Crippen molar-refractivity contribution in [3.05, 3.63) is 28.8 Å². The lowest BCUT2D eigenvalue weighted by Gasteiger charge is -2.14. The molecule has 1 aromatic rings. The van der Waals surface area contributed by atoms with Crippen LogP contribution in [0.5, 0.6) is 0 Å². The van der Waals surface area contributed by atoms with Gasteiger partial charge < -0.3 is 16.8 Å². The summed E-state index contributed by atoms with van der Waals surface area (Å²) in [5.41, 5.74) is 10.3. The summed E-state index contributed by atoms with van der Waals surface area (Å²) in [5, 5.41) is 2.95. The van der Waals surface area contributed by atoms with Crippen molar-refractivity contribution in [3.63, 3.8) is 0 Å². The topological polar surface area (TPSA) is 64.1 Å². The zero-order chi connectivity index (χ0) is 13.1. The van der Waals surface area contributed by atoms with E-state index in [1.54, 1.807) is 0 Å². The first kappa shape index (κ1) is 14.1. The van der Waals surface area contributed by atoms with E-state index in [1.807, 2.05) is 0 Å². The zero-order valence-corrected chi connectivity index (χ0v) is 9.65. The Morgan fingerprint density at radius 2 is 2.00 bits per heavy atom. The van der Waals surface area contributed by atoms with Gasteiger partial charge in [0.2, 0.25) is 0 Å². The molecule has 0 aliphatic carbocycles. The van der Waals surface area contributed by atoms with Gasteiger partial charge in [-0.15, -0.1) is 0 Å². The lowest BCUT2D eigenvalue weighted by molar-refractivity contribution is -0.137. The lowest BCUT2D eigenvalue weighted by Crippen LogP contribution is -2.36. The Hall–Kier alpha value is -0.980. The molecule has 0 heterocycles. The van der Waals surface area contributed by atoms with Gasteiger partial charge in [0.15, 0.2) is 0 Å². The molecule has 96 valence electrons. The highest BCUT2D eigenvalue weighted by Gasteiger charge is 2.30. The van der Waals surface area contributed by atoms with Gasteiger partial charge in [0, 0.05) is 19.1 Å². The van der Waals surface area contributed by atoms with Gasteiger partial charge >= 0.3 is 6.18 Å². The van der Waals surface area contributed by atoms with Crippen molar-refractivity contribution in [3.8, 4) is 0 Å². The van der Waals surface area contributed by atoms with Gasteiger partial charge in [-0.05, 0) is 18.2 Å². The van der Waals surface area contributed by atoms with E-state index in [-0.39, 0.29) is 29.8 Å². The molecule has 0 amide bonds. The SMILES string of the molecule is NCC(N)CNc1cc(C(F)(F)F)ccc1Cl. The molecule has 0 aliphatic rings. The summed E-state index contributed by atoms with van der Waals surface area (Å²) in [6.07, 6.45) is -4.39. The minimum atomic E-state index is -4.39. The summed E-state index contributed by atoms with van der Waals surface area (Å²) in [4.78, 5) is 0. The quantitative estimate of drug-likeness (QED) is 0.782. The Morgan fingerprint density at radius 1 is 1.35 bits per heavy atom. The monoisotopic (exact) mass is 267 g/mol. The molecule has 0 fully saturated rings. The predicted octanol–water partition coefficient (Wildman–Crippen LogP) is 2.06. The molecule has 0 saturated heterocycles. The van der Waals surface area contributed by atoms with Crippen molar-refractivity contribution < 1.29 is 13.2 Å². The van der Waals surface area contributed by atoms with Crippen LogP contribution < -0.4 is 16.8 Å². The first-order valence-electron chi connectivity index (χ1n) is 4.91. The highest BCUT2D eigenvalue weighted by molar-refractivity contribution is 6.33. The molecule has 7 heteroatoms. The van der Waals surface area contributed by atoms with Crippen molar-refractivity contribution in [2.24, 2.45) is 11.5 Å². The maximum atomic E-state index is 12.4. The van der Waals surface area contributed by atoms with Crippen LogP contribution >= 0.6 is 11.6 Å². The second kappa shape index (κ2) is 5.57. The minimum absolute atomic E-state index is 0.199. The predicted molar refractivity (Wildman–Crippen MR) is 62.0 cm³/mol. The molecule has 0 aromatic heterocycles. The molecular formula is C10H13ClF3N3. The molecule has 3 nitrogen and oxygen atoms in total. The van der Waals surface area contributed by atoms with Gasteiger partial charge in [0.25, 0.3) is 0 Å². The summed E-state index contributed by atoms with van der Waals surface area (Å²) in [6, 6.07) is 2.74. The van der Waals surface area contributed by atoms with E-state index in [1.165, 1.54) is 6.07 Å². The largest absolute Gasteiger partial charge is 0.416 e. The average molecular weight is 268 g/mol. The zero-order valence-electron chi connectivity index (χ0n) is 8.89. The van der Waals surface area contributed by atoms with Crippen molar-refractivity contribution in [1.82, 2.24) is 0 Å². The van der Waals surface area contributed by atoms with Crippen LogP contribution in [0.1, 0.15) is 5.56 Å². The minimum Gasteiger partial charge on any atom is -0.382 e. The van der Waals surface area contributed by atoms with Gasteiger partial charge in [-0.2, -0.15) is 13.2 Å². The number of benzene rings is 1. The van der Waals surface area contributed by atoms with Gasteiger partial charge in [-0.3, -0.25) is 0 Å². The van der Waals surface area contributed by atoms with E-state index in [0.717, 1.165) is 12.1 Å². The van der Waals surface area contributed by atoms with Crippen LogP contribution in [0.4, 0.5) is 18.9 Å². The number of hydrogen-bond donors (Lipinski definition) is 3. The van der Waals surface area contributed by atoms with E-state index in [0.29, 0.717) is 0 Å². The Labute approximate surface area is 102 Å². The third kappa shape index (κ3) is 4.07. The number of anilines is 1. The van der Waals surface area contributed by atoms with Gasteiger partial charge in [-0.1, -0.05) is 11.6 Å². The van der Waals surface area contributed by atoms with Crippen molar-refractivity contribution in [1.29, 1.82) is 0 Å². The second-order valence-electron chi connectivity index (χ2n) is 3.57. The Balaban J connectivity index is 2.84. The Morgan fingerprint density at radius 3 is 2.53 bits per heavy atom. The molecule has 1 atom stereocenters. The molecule has 0 bridgehead atoms. The normalized spacial score (nSPS) is 13.5. The van der Waals surface area contributed by atoms with Crippen molar-refractivity contribution >= 4 is 17.3 Å². The molecular weight excluding hydrogens is 255 g/mol. The second-order valence-corrected chi connectivity index (χ2v) is 3.98. The third-order valence-electron chi connectivity index (χ3n) is 2.15. The maximum absolute atomic E-state index is 12.4. The number of halogens is 4. The number of hydrogen-bond acceptors (Lipinski definition) is 3. The summed E-state index contributed by atoms with van der Waals surface area (Å²) in [5.74, 6) is 0. The number of nitrogens with two attached hydrogens (primary N) is 2. The summed E-state index contributed by atoms with van der Waals surface area (Å²) in [6.45, 7) is 0.501. The molecule has 5 N–H and O–H groups in total. The van der Waals surface area contributed by atoms with Crippen LogP contribution in [0.25, 0.3) is 0 Å². The highest BCUT2D eigenvalue weighted by Crippen LogP contribution is 2.33. The number of nitrogens with one attached hydrogen (secondary N) is 1. The fraction of sp³-hybridized carbons (Fsp3) is 0.400. The van der Waals surface area contributed by atoms with Crippen LogP contribution in [-0.4, -0.2) is 19.1 Å². The average Bonchev–Trinajstić information content (AvgIpc) is 2.26. The van der Waals surface area contributed by atoms with E-state index >= 15 is 0 Å². The maximum Gasteiger partial charge on any atom is 0.416 e. The van der Waals surface area contributed by atoms with Gasteiger partial charge in [0.1, 0.15) is 0 Å². The van der Waals surface area contributed by atoms with Crippen LogP contribution in [0.3, 0.4) is 0 Å². The van der Waals surface area contributed by atoms with E-state index in [2.05, 4.69) is 5.32 Å². The Bertz CT molecular complexity index is 382. The highest BCUT2D eigenvalue weighted by atomic mass is 35.5. The van der Waals surface area contributed by atoms with Crippen molar-refractivity contribution in [2.75, 3.05) is 18.4 Å². The summed E-state index contributed by atoms with van der Waals surface area (Å²) in [7, 11) is 0. The lowest BCUT2D eigenvalue weighted by atomic mass is 10.2. The molecule has 1 unspecified atom stereocenters. The molecule has 1 rings (SSSR count). The van der Waals surface area contributed by atoms with Crippen molar-refractivity contribution in [2.45, 2.75) is 12.2 Å². The Kier molecular flexibility index (Phi) is 4.62. The molecule has 1 aromatic carbocycles. The first-order chi connectivity index (χ1) is 7.84. The molecule has 0 aliphatic heterocycles. The van der Waals surface area contributed by atoms with Crippen LogP contribution in [0.2, 0.25) is 5.02 Å². The van der Waals surface area contributed by atoms with E-state index in [4.69, 9.17) is 23.1 Å². The van der Waals surface area contributed by atoms with E-state index in [9.17, 15) is 13.2 Å². The summed E-state index contributed by atoms with van der Waals surface area (Å²) < 4.78 is 37.3. The standard InChI is InChI=1S/C10H13ClF3N3/c11-8-2-1-6(10(12,13)14)3-9(8)17-5-7(16)4-15/h1-3,7,17H,4-5,15-16H2. The third-order valence-corrected chi connectivity index (χ3v) is 2.48. The van der Waals surface area contributed by atoms with E-state index < -0.39 is 11.7 Å². The van der Waals surface area contributed by atoms with Crippen LogP contribution in [-0.2, 0) is 6.18 Å². The number of rotatable bonds is 4. The van der Waals surface area contributed by atoms with Crippen LogP contribution in [0.15, 0.2) is 18.2 Å². The first-order valence-corrected chi connectivity index (χ1v) is 5.28. The molecule has 0 radical (unpaired) electrons. The summed E-state index contributed by atoms with van der Waals surface area (Å²) >= 11 is 5.77. The molecule has 0 spiro atoms. The van der Waals surface area contributed by atoms with Gasteiger partial charge in [0.05, 0.1) is 16.3 Å². The molecule has 0 saturated carbocycles. The van der Waals surface area contributed by atoms with Crippen LogP contribution in [0, 0.1) is 0 Å².